The second kappa shape index (κ2) is 11.4. The summed E-state index contributed by atoms with van der Waals surface area (Å²) in [5, 5.41) is 15.0. The number of rotatable bonds is 7. The number of piperazine rings is 1. The Morgan fingerprint density at radius 1 is 1.00 bits per heavy atom. The van der Waals surface area contributed by atoms with Crippen LogP contribution in [0.5, 0.6) is 11.5 Å². The van der Waals surface area contributed by atoms with Gasteiger partial charge >= 0.3 is 0 Å². The van der Waals surface area contributed by atoms with E-state index in [0.29, 0.717) is 12.1 Å². The van der Waals surface area contributed by atoms with Gasteiger partial charge in [0.15, 0.2) is 0 Å². The minimum absolute atomic E-state index is 0.0743. The summed E-state index contributed by atoms with van der Waals surface area (Å²) >= 11 is 0. The molecule has 0 radical (unpaired) electrons. The summed E-state index contributed by atoms with van der Waals surface area (Å²) in [6.07, 6.45) is 1.55. The van der Waals surface area contributed by atoms with E-state index in [0.717, 1.165) is 49.6 Å². The summed E-state index contributed by atoms with van der Waals surface area (Å²) in [5.41, 5.74) is 6.20. The first-order valence-corrected chi connectivity index (χ1v) is 12.6. The Morgan fingerprint density at radius 2 is 1.61 bits per heavy atom. The summed E-state index contributed by atoms with van der Waals surface area (Å²) in [6.45, 7) is 17.3. The van der Waals surface area contributed by atoms with Gasteiger partial charge < -0.3 is 9.84 Å². The minimum atomic E-state index is -0.216. The number of carbonyl (C=O) groups excluding carboxylic acids is 1. The summed E-state index contributed by atoms with van der Waals surface area (Å²) < 4.78 is 5.23. The molecule has 7 nitrogen and oxygen atoms in total. The molecule has 0 aliphatic carbocycles. The summed E-state index contributed by atoms with van der Waals surface area (Å²) in [6, 6.07) is 12.2. The Hall–Kier alpha value is -2.90. The van der Waals surface area contributed by atoms with Crippen LogP contribution in [0.25, 0.3) is 0 Å². The molecule has 3 rings (SSSR count). The van der Waals surface area contributed by atoms with Crippen LogP contribution >= 0.6 is 0 Å². The molecular formula is C29H42N4O3. The minimum Gasteiger partial charge on any atom is -0.507 e. The number of hydrazone groups is 1. The molecule has 1 aliphatic rings. The van der Waals surface area contributed by atoms with Gasteiger partial charge in [-0.1, -0.05) is 59.7 Å². The molecule has 0 spiro atoms. The highest BCUT2D eigenvalue weighted by Gasteiger charge is 2.24. The third-order valence-electron chi connectivity index (χ3n) is 6.60. The van der Waals surface area contributed by atoms with Crippen molar-refractivity contribution >= 4 is 12.1 Å². The number of hydrogen-bond donors (Lipinski definition) is 2. The van der Waals surface area contributed by atoms with Crippen LogP contribution < -0.4 is 10.2 Å². The average Bonchev–Trinajstić information content (AvgIpc) is 2.80. The van der Waals surface area contributed by atoms with Crippen LogP contribution in [0.3, 0.4) is 0 Å². The van der Waals surface area contributed by atoms with E-state index in [2.05, 4.69) is 80.1 Å². The zero-order valence-electron chi connectivity index (χ0n) is 22.9. The maximum atomic E-state index is 12.5. The van der Waals surface area contributed by atoms with E-state index >= 15 is 0 Å². The van der Waals surface area contributed by atoms with E-state index in [1.54, 1.807) is 13.3 Å². The second-order valence-electron chi connectivity index (χ2n) is 11.7. The summed E-state index contributed by atoms with van der Waals surface area (Å²) in [4.78, 5) is 17.1. The van der Waals surface area contributed by atoms with Gasteiger partial charge in [0.1, 0.15) is 11.5 Å². The highest BCUT2D eigenvalue weighted by molar-refractivity contribution is 5.86. The average molecular weight is 495 g/mol. The van der Waals surface area contributed by atoms with E-state index in [-0.39, 0.29) is 22.5 Å². The lowest BCUT2D eigenvalue weighted by Crippen LogP contribution is -2.48. The molecule has 7 heteroatoms. The zero-order chi connectivity index (χ0) is 26.5. The zero-order valence-corrected chi connectivity index (χ0v) is 22.9. The molecule has 1 amide bonds. The molecule has 1 fully saturated rings. The molecule has 0 saturated carbocycles. The fourth-order valence-electron chi connectivity index (χ4n) is 4.27. The van der Waals surface area contributed by atoms with E-state index in [4.69, 9.17) is 4.74 Å². The number of nitrogens with zero attached hydrogens (tertiary/aromatic N) is 3. The Kier molecular flexibility index (Phi) is 8.80. The maximum absolute atomic E-state index is 12.5. The molecule has 2 aromatic carbocycles. The lowest BCUT2D eigenvalue weighted by atomic mass is 9.79. The molecule has 36 heavy (non-hydrogen) atoms. The smallest absolute Gasteiger partial charge is 0.254 e. The number of phenolic OH excluding ortho intramolecular Hbond substituents is 1. The molecule has 1 aliphatic heterocycles. The lowest BCUT2D eigenvalue weighted by molar-refractivity contribution is -0.122. The first kappa shape index (κ1) is 27.7. The first-order chi connectivity index (χ1) is 16.9. The van der Waals surface area contributed by atoms with Gasteiger partial charge in [-0.25, -0.2) is 5.43 Å². The van der Waals surface area contributed by atoms with Crippen LogP contribution in [0.15, 0.2) is 41.5 Å². The van der Waals surface area contributed by atoms with Crippen molar-refractivity contribution in [2.45, 2.75) is 58.9 Å². The molecule has 0 unspecified atom stereocenters. The van der Waals surface area contributed by atoms with Gasteiger partial charge in [0.25, 0.3) is 5.91 Å². The normalized spacial score (nSPS) is 15.9. The Morgan fingerprint density at radius 3 is 2.17 bits per heavy atom. The fourth-order valence-corrected chi connectivity index (χ4v) is 4.27. The van der Waals surface area contributed by atoms with Crippen molar-refractivity contribution in [1.82, 2.24) is 15.2 Å². The van der Waals surface area contributed by atoms with Gasteiger partial charge in [0, 0.05) is 43.9 Å². The predicted octanol–water partition coefficient (Wildman–Crippen LogP) is 4.26. The van der Waals surface area contributed by atoms with Gasteiger partial charge in [0.05, 0.1) is 19.9 Å². The molecule has 196 valence electrons. The fraction of sp³-hybridized carbons (Fsp3) is 0.517. The Bertz CT molecular complexity index is 1060. The van der Waals surface area contributed by atoms with Crippen molar-refractivity contribution in [2.75, 3.05) is 39.8 Å². The van der Waals surface area contributed by atoms with Crippen molar-refractivity contribution in [1.29, 1.82) is 0 Å². The molecule has 0 atom stereocenters. The first-order valence-electron chi connectivity index (χ1n) is 12.6. The van der Waals surface area contributed by atoms with E-state index in [1.165, 1.54) is 5.56 Å². The third-order valence-corrected chi connectivity index (χ3v) is 6.60. The molecular weight excluding hydrogens is 452 g/mol. The summed E-state index contributed by atoms with van der Waals surface area (Å²) in [5.74, 6) is 0.919. The number of amides is 1. The van der Waals surface area contributed by atoms with Crippen LogP contribution in [0.4, 0.5) is 0 Å². The van der Waals surface area contributed by atoms with Crippen molar-refractivity contribution in [2.24, 2.45) is 5.10 Å². The largest absolute Gasteiger partial charge is 0.507 e. The highest BCUT2D eigenvalue weighted by Crippen LogP contribution is 2.37. The summed E-state index contributed by atoms with van der Waals surface area (Å²) in [7, 11) is 1.67. The Labute approximate surface area is 216 Å². The van der Waals surface area contributed by atoms with Gasteiger partial charge in [-0.05, 0) is 40.2 Å². The molecule has 2 aromatic rings. The number of aromatic hydroxyl groups is 1. The second-order valence-corrected chi connectivity index (χ2v) is 11.7. The van der Waals surface area contributed by atoms with Gasteiger partial charge in [0.2, 0.25) is 0 Å². The quantitative estimate of drug-likeness (QED) is 0.444. The lowest BCUT2D eigenvalue weighted by Gasteiger charge is -2.34. The predicted molar refractivity (Wildman–Crippen MR) is 146 cm³/mol. The highest BCUT2D eigenvalue weighted by atomic mass is 16.5. The van der Waals surface area contributed by atoms with Crippen LogP contribution in [-0.4, -0.2) is 66.9 Å². The number of methoxy groups -OCH3 is 1. The van der Waals surface area contributed by atoms with Gasteiger partial charge in [-0.15, -0.1) is 0 Å². The third kappa shape index (κ3) is 7.55. The van der Waals surface area contributed by atoms with Crippen LogP contribution in [0.1, 0.15) is 63.8 Å². The van der Waals surface area contributed by atoms with Gasteiger partial charge in [-0.3, -0.25) is 14.6 Å². The van der Waals surface area contributed by atoms with E-state index < -0.39 is 0 Å². The van der Waals surface area contributed by atoms with Crippen molar-refractivity contribution in [3.63, 3.8) is 0 Å². The van der Waals surface area contributed by atoms with E-state index in [9.17, 15) is 9.90 Å². The Balaban J connectivity index is 1.53. The van der Waals surface area contributed by atoms with E-state index in [1.807, 2.05) is 18.2 Å². The van der Waals surface area contributed by atoms with Crippen LogP contribution in [-0.2, 0) is 22.2 Å². The molecule has 0 bridgehead atoms. The molecule has 0 aromatic heterocycles. The molecule has 2 N–H and O–H groups in total. The SMILES string of the molecule is COc1ccc(CN2CCN(CC(=O)NN=Cc3cc(C(C)(C)C)cc(C(C)(C)C)c3O)CC2)cc1. The number of benzene rings is 2. The van der Waals surface area contributed by atoms with Gasteiger partial charge in [-0.2, -0.15) is 5.10 Å². The number of ether oxygens (including phenoxy) is 1. The van der Waals surface area contributed by atoms with Crippen molar-refractivity contribution < 1.29 is 14.6 Å². The van der Waals surface area contributed by atoms with Crippen molar-refractivity contribution in [3.05, 3.63) is 58.7 Å². The standard InChI is InChI=1S/C29H42N4O3/c1-28(2,3)23-16-22(27(35)25(17-23)29(4,5)6)18-30-31-26(34)20-33-14-12-32(13-15-33)19-21-8-10-24(36-7)11-9-21/h8-11,16-18,35H,12-15,19-20H2,1-7H3,(H,31,34). The number of phenols is 1. The topological polar surface area (TPSA) is 77.4 Å². The number of hydrogen-bond acceptors (Lipinski definition) is 6. The maximum Gasteiger partial charge on any atom is 0.254 e. The van der Waals surface area contributed by atoms with Crippen LogP contribution in [0.2, 0.25) is 0 Å². The molecule has 1 heterocycles. The number of carbonyl (C=O) groups is 1. The monoisotopic (exact) mass is 494 g/mol. The van der Waals surface area contributed by atoms with Crippen LogP contribution in [0, 0.1) is 0 Å². The number of nitrogens with one attached hydrogen (secondary N) is 1. The van der Waals surface area contributed by atoms with Crippen molar-refractivity contribution in [3.8, 4) is 11.5 Å². The molecule has 1 saturated heterocycles.